The molecule has 23 heavy (non-hydrogen) atoms. The van der Waals surface area contributed by atoms with Gasteiger partial charge in [0.15, 0.2) is 0 Å². The lowest BCUT2D eigenvalue weighted by molar-refractivity contribution is -0.116. The number of rotatable bonds is 7. The molecule has 1 amide bonds. The van der Waals surface area contributed by atoms with Gasteiger partial charge in [0.05, 0.1) is 0 Å². The first-order chi connectivity index (χ1) is 10.8. The highest BCUT2D eigenvalue weighted by Gasteiger charge is 2.11. The van der Waals surface area contributed by atoms with E-state index in [1.54, 1.807) is 18.2 Å². The summed E-state index contributed by atoms with van der Waals surface area (Å²) in [5, 5.41) is 6.36. The van der Waals surface area contributed by atoms with E-state index in [0.29, 0.717) is 18.2 Å². The zero-order valence-electron chi connectivity index (χ0n) is 13.4. The van der Waals surface area contributed by atoms with Crippen molar-refractivity contribution >= 4 is 24.4 Å². The van der Waals surface area contributed by atoms with Crippen LogP contribution in [0.15, 0.2) is 30.3 Å². The molecule has 1 aromatic carbocycles. The van der Waals surface area contributed by atoms with Gasteiger partial charge in [-0.05, 0) is 37.9 Å². The summed E-state index contributed by atoms with van der Waals surface area (Å²) in [5.74, 6) is -0.496. The van der Waals surface area contributed by atoms with Crippen molar-refractivity contribution in [3.63, 3.8) is 0 Å². The molecule has 1 saturated carbocycles. The smallest absolute Gasteiger partial charge is 0.244 e. The van der Waals surface area contributed by atoms with Crippen LogP contribution in [0.2, 0.25) is 0 Å². The third kappa shape index (κ3) is 7.62. The van der Waals surface area contributed by atoms with Gasteiger partial charge in [-0.1, -0.05) is 37.5 Å². The fourth-order valence-electron chi connectivity index (χ4n) is 2.75. The highest BCUT2D eigenvalue weighted by molar-refractivity contribution is 5.91. The molecule has 0 bridgehead atoms. The standard InChI is InChI=1S/C18H25FN2O.ClH/c19-17-10-5-4-7-15(17)11-12-18(22)21-14-6-13-20-16-8-2-1-3-9-16;/h4-5,7,10-12,16,20H,1-3,6,8-9,13-14H2,(H,21,22);1H. The Labute approximate surface area is 144 Å². The van der Waals surface area contributed by atoms with Gasteiger partial charge in [0.25, 0.3) is 0 Å². The molecule has 1 aromatic rings. The van der Waals surface area contributed by atoms with Gasteiger partial charge in [-0.2, -0.15) is 0 Å². The monoisotopic (exact) mass is 340 g/mol. The molecule has 0 aromatic heterocycles. The molecule has 0 atom stereocenters. The maximum atomic E-state index is 13.4. The van der Waals surface area contributed by atoms with Crippen LogP contribution in [-0.2, 0) is 4.79 Å². The molecule has 0 unspecified atom stereocenters. The summed E-state index contributed by atoms with van der Waals surface area (Å²) in [6.45, 7) is 1.57. The highest BCUT2D eigenvalue weighted by atomic mass is 35.5. The van der Waals surface area contributed by atoms with Crippen molar-refractivity contribution in [2.45, 2.75) is 44.6 Å². The molecule has 128 valence electrons. The number of nitrogens with one attached hydrogen (secondary N) is 2. The highest BCUT2D eigenvalue weighted by Crippen LogP contribution is 2.17. The molecular weight excluding hydrogens is 315 g/mol. The summed E-state index contributed by atoms with van der Waals surface area (Å²) in [5.41, 5.74) is 0.427. The van der Waals surface area contributed by atoms with Gasteiger partial charge in [0, 0.05) is 24.2 Å². The molecule has 0 saturated heterocycles. The molecular formula is C18H26ClFN2O. The zero-order chi connectivity index (χ0) is 15.6. The molecule has 0 aliphatic heterocycles. The van der Waals surface area contributed by atoms with Crippen molar-refractivity contribution in [2.75, 3.05) is 13.1 Å². The van der Waals surface area contributed by atoms with Crippen molar-refractivity contribution in [1.29, 1.82) is 0 Å². The SMILES string of the molecule is Cl.O=C(C=Cc1ccccc1F)NCCCNC1CCCCC1. The van der Waals surface area contributed by atoms with Gasteiger partial charge in [-0.25, -0.2) is 4.39 Å². The molecule has 2 rings (SSSR count). The molecule has 3 nitrogen and oxygen atoms in total. The van der Waals surface area contributed by atoms with Crippen molar-refractivity contribution < 1.29 is 9.18 Å². The number of carbonyl (C=O) groups excluding carboxylic acids is 1. The first-order valence-corrected chi connectivity index (χ1v) is 8.19. The normalized spacial score (nSPS) is 15.3. The van der Waals surface area contributed by atoms with E-state index in [1.165, 1.54) is 50.3 Å². The molecule has 0 spiro atoms. The van der Waals surface area contributed by atoms with E-state index in [4.69, 9.17) is 0 Å². The number of amides is 1. The van der Waals surface area contributed by atoms with Gasteiger partial charge in [-0.15, -0.1) is 12.4 Å². The molecule has 1 fully saturated rings. The Morgan fingerprint density at radius 2 is 1.91 bits per heavy atom. The lowest BCUT2D eigenvalue weighted by Crippen LogP contribution is -2.33. The topological polar surface area (TPSA) is 41.1 Å². The van der Waals surface area contributed by atoms with Gasteiger partial charge in [-0.3, -0.25) is 4.79 Å². The fourth-order valence-corrected chi connectivity index (χ4v) is 2.75. The third-order valence-electron chi connectivity index (χ3n) is 4.01. The largest absolute Gasteiger partial charge is 0.353 e. The fraction of sp³-hybridized carbons (Fsp3) is 0.500. The Hall–Kier alpha value is -1.39. The molecule has 0 radical (unpaired) electrons. The van der Waals surface area contributed by atoms with E-state index in [9.17, 15) is 9.18 Å². The van der Waals surface area contributed by atoms with Crippen LogP contribution < -0.4 is 10.6 Å². The van der Waals surface area contributed by atoms with Gasteiger partial charge in [0.1, 0.15) is 5.82 Å². The van der Waals surface area contributed by atoms with E-state index >= 15 is 0 Å². The predicted molar refractivity (Wildman–Crippen MR) is 95.2 cm³/mol. The number of hydrogen-bond acceptors (Lipinski definition) is 2. The summed E-state index contributed by atoms with van der Waals surface area (Å²) in [7, 11) is 0. The maximum absolute atomic E-state index is 13.4. The van der Waals surface area contributed by atoms with Crippen LogP contribution in [0.4, 0.5) is 4.39 Å². The molecule has 5 heteroatoms. The molecule has 2 N–H and O–H groups in total. The van der Waals surface area contributed by atoms with E-state index in [0.717, 1.165) is 13.0 Å². The Bertz CT molecular complexity index is 502. The molecule has 1 aliphatic rings. The number of halogens is 2. The van der Waals surface area contributed by atoms with Crippen LogP contribution in [0, 0.1) is 5.82 Å². The predicted octanol–water partition coefficient (Wildman–Crippen LogP) is 3.69. The summed E-state index contributed by atoms with van der Waals surface area (Å²) in [6.07, 6.45) is 10.4. The van der Waals surface area contributed by atoms with Crippen LogP contribution in [0.3, 0.4) is 0 Å². The Kier molecular flexibility index (Phi) is 9.57. The van der Waals surface area contributed by atoms with Crippen molar-refractivity contribution in [1.82, 2.24) is 10.6 Å². The van der Waals surface area contributed by atoms with Crippen LogP contribution in [0.25, 0.3) is 6.08 Å². The Morgan fingerprint density at radius 1 is 1.17 bits per heavy atom. The van der Waals surface area contributed by atoms with E-state index in [1.807, 2.05) is 0 Å². The lowest BCUT2D eigenvalue weighted by atomic mass is 9.95. The Morgan fingerprint density at radius 3 is 2.65 bits per heavy atom. The minimum absolute atomic E-state index is 0. The zero-order valence-corrected chi connectivity index (χ0v) is 14.2. The van der Waals surface area contributed by atoms with E-state index in [-0.39, 0.29) is 24.1 Å². The van der Waals surface area contributed by atoms with Gasteiger partial charge >= 0.3 is 0 Å². The lowest BCUT2D eigenvalue weighted by Gasteiger charge is -2.22. The number of benzene rings is 1. The average Bonchev–Trinajstić information content (AvgIpc) is 2.55. The number of hydrogen-bond donors (Lipinski definition) is 2. The van der Waals surface area contributed by atoms with Crippen LogP contribution in [0.1, 0.15) is 44.1 Å². The minimum Gasteiger partial charge on any atom is -0.353 e. The summed E-state index contributed by atoms with van der Waals surface area (Å²) in [4.78, 5) is 11.7. The first kappa shape index (κ1) is 19.7. The quantitative estimate of drug-likeness (QED) is 0.587. The van der Waals surface area contributed by atoms with Gasteiger partial charge < -0.3 is 10.6 Å². The van der Waals surface area contributed by atoms with Crippen LogP contribution in [-0.4, -0.2) is 25.0 Å². The first-order valence-electron chi connectivity index (χ1n) is 8.19. The summed E-state index contributed by atoms with van der Waals surface area (Å²) < 4.78 is 13.4. The van der Waals surface area contributed by atoms with E-state index < -0.39 is 0 Å². The molecule has 0 heterocycles. The minimum atomic E-state index is -0.316. The molecule has 1 aliphatic carbocycles. The van der Waals surface area contributed by atoms with Gasteiger partial charge in [0.2, 0.25) is 5.91 Å². The number of carbonyl (C=O) groups is 1. The van der Waals surface area contributed by atoms with Crippen LogP contribution in [0.5, 0.6) is 0 Å². The second-order valence-electron chi connectivity index (χ2n) is 5.79. The van der Waals surface area contributed by atoms with Crippen LogP contribution >= 0.6 is 12.4 Å². The maximum Gasteiger partial charge on any atom is 0.244 e. The third-order valence-corrected chi connectivity index (χ3v) is 4.01. The Balaban J connectivity index is 0.00000264. The van der Waals surface area contributed by atoms with Crippen molar-refractivity contribution in [3.8, 4) is 0 Å². The second-order valence-corrected chi connectivity index (χ2v) is 5.79. The summed E-state index contributed by atoms with van der Waals surface area (Å²) >= 11 is 0. The second kappa shape index (κ2) is 11.2. The van der Waals surface area contributed by atoms with Crippen molar-refractivity contribution in [2.24, 2.45) is 0 Å². The summed E-state index contributed by atoms with van der Waals surface area (Å²) in [6, 6.07) is 7.07. The van der Waals surface area contributed by atoms with E-state index in [2.05, 4.69) is 10.6 Å². The van der Waals surface area contributed by atoms with Crippen molar-refractivity contribution in [3.05, 3.63) is 41.7 Å². The average molecular weight is 341 g/mol.